The Morgan fingerprint density at radius 3 is 2.50 bits per heavy atom. The molecule has 0 bridgehead atoms. The standard InChI is InChI=1S/C15H17FN2/c1-2-15(17,11-12-7-5-6-10-18-12)13-8-3-4-9-14(13)16/h3-10H,2,11,17H2,1H3. The number of pyridine rings is 1. The summed E-state index contributed by atoms with van der Waals surface area (Å²) in [4.78, 5) is 4.26. The van der Waals surface area contributed by atoms with Crippen molar-refractivity contribution >= 4 is 0 Å². The van der Waals surface area contributed by atoms with Gasteiger partial charge in [-0.25, -0.2) is 4.39 Å². The van der Waals surface area contributed by atoms with E-state index in [-0.39, 0.29) is 5.82 Å². The largest absolute Gasteiger partial charge is 0.321 e. The first-order chi connectivity index (χ1) is 8.65. The first-order valence-electron chi connectivity index (χ1n) is 6.09. The Balaban J connectivity index is 2.34. The van der Waals surface area contributed by atoms with Gasteiger partial charge in [0.15, 0.2) is 0 Å². The average Bonchev–Trinajstić information content (AvgIpc) is 2.40. The maximum absolute atomic E-state index is 13.9. The van der Waals surface area contributed by atoms with E-state index in [0.717, 1.165) is 5.69 Å². The Morgan fingerprint density at radius 1 is 1.17 bits per heavy atom. The summed E-state index contributed by atoms with van der Waals surface area (Å²) in [5.41, 5.74) is 7.10. The lowest BCUT2D eigenvalue weighted by Crippen LogP contribution is -2.39. The van der Waals surface area contributed by atoms with Crippen LogP contribution in [-0.4, -0.2) is 4.98 Å². The molecular formula is C15H17FN2. The molecule has 1 unspecified atom stereocenters. The second-order valence-electron chi connectivity index (χ2n) is 4.49. The van der Waals surface area contributed by atoms with Crippen molar-refractivity contribution in [2.75, 3.05) is 0 Å². The predicted octanol–water partition coefficient (Wildman–Crippen LogP) is 3.03. The molecule has 0 aliphatic heterocycles. The second kappa shape index (κ2) is 5.27. The molecule has 94 valence electrons. The van der Waals surface area contributed by atoms with Crippen molar-refractivity contribution in [2.45, 2.75) is 25.3 Å². The fourth-order valence-electron chi connectivity index (χ4n) is 2.10. The molecular weight excluding hydrogens is 227 g/mol. The molecule has 0 aliphatic carbocycles. The van der Waals surface area contributed by atoms with Crippen LogP contribution in [0.4, 0.5) is 4.39 Å². The predicted molar refractivity (Wildman–Crippen MR) is 70.5 cm³/mol. The van der Waals surface area contributed by atoms with Crippen molar-refractivity contribution in [3.05, 3.63) is 65.7 Å². The number of halogens is 1. The van der Waals surface area contributed by atoms with Crippen molar-refractivity contribution < 1.29 is 4.39 Å². The molecule has 2 nitrogen and oxygen atoms in total. The fourth-order valence-corrected chi connectivity index (χ4v) is 2.10. The SMILES string of the molecule is CCC(N)(Cc1ccccn1)c1ccccc1F. The third-order valence-electron chi connectivity index (χ3n) is 3.26. The van der Waals surface area contributed by atoms with Gasteiger partial charge in [0.2, 0.25) is 0 Å². The van der Waals surface area contributed by atoms with Gasteiger partial charge in [-0.05, 0) is 24.6 Å². The van der Waals surface area contributed by atoms with E-state index in [1.807, 2.05) is 31.2 Å². The third-order valence-corrected chi connectivity index (χ3v) is 3.26. The highest BCUT2D eigenvalue weighted by atomic mass is 19.1. The molecule has 0 fully saturated rings. The van der Waals surface area contributed by atoms with Crippen molar-refractivity contribution in [1.82, 2.24) is 4.98 Å². The van der Waals surface area contributed by atoms with Gasteiger partial charge >= 0.3 is 0 Å². The van der Waals surface area contributed by atoms with Gasteiger partial charge in [-0.2, -0.15) is 0 Å². The number of hydrogen-bond acceptors (Lipinski definition) is 2. The summed E-state index contributed by atoms with van der Waals surface area (Å²) in [5, 5.41) is 0. The molecule has 3 heteroatoms. The van der Waals surface area contributed by atoms with Gasteiger partial charge in [-0.1, -0.05) is 31.2 Å². The number of aromatic nitrogens is 1. The molecule has 2 aromatic rings. The van der Waals surface area contributed by atoms with Gasteiger partial charge in [0.05, 0.1) is 0 Å². The van der Waals surface area contributed by atoms with Crippen LogP contribution in [0.5, 0.6) is 0 Å². The van der Waals surface area contributed by atoms with Crippen molar-refractivity contribution in [3.8, 4) is 0 Å². The molecule has 18 heavy (non-hydrogen) atoms. The van der Waals surface area contributed by atoms with Crippen LogP contribution in [0.1, 0.15) is 24.6 Å². The lowest BCUT2D eigenvalue weighted by Gasteiger charge is -2.29. The minimum Gasteiger partial charge on any atom is -0.321 e. The van der Waals surface area contributed by atoms with Crippen LogP contribution < -0.4 is 5.73 Å². The highest BCUT2D eigenvalue weighted by Gasteiger charge is 2.28. The van der Waals surface area contributed by atoms with E-state index in [9.17, 15) is 4.39 Å². The summed E-state index contributed by atoms with van der Waals surface area (Å²) in [6.45, 7) is 1.97. The molecule has 1 atom stereocenters. The number of nitrogens with two attached hydrogens (primary N) is 1. The molecule has 0 radical (unpaired) electrons. The van der Waals surface area contributed by atoms with Gasteiger partial charge in [0, 0.05) is 29.4 Å². The molecule has 1 aromatic carbocycles. The van der Waals surface area contributed by atoms with Gasteiger partial charge in [-0.15, -0.1) is 0 Å². The molecule has 0 aliphatic rings. The molecule has 1 heterocycles. The smallest absolute Gasteiger partial charge is 0.128 e. The molecule has 2 rings (SSSR count). The van der Waals surface area contributed by atoms with E-state index in [4.69, 9.17) is 5.73 Å². The Labute approximate surface area is 107 Å². The van der Waals surface area contributed by atoms with Gasteiger partial charge < -0.3 is 5.73 Å². The zero-order chi connectivity index (χ0) is 13.0. The maximum Gasteiger partial charge on any atom is 0.128 e. The number of hydrogen-bond donors (Lipinski definition) is 1. The zero-order valence-corrected chi connectivity index (χ0v) is 10.4. The Morgan fingerprint density at radius 2 is 1.89 bits per heavy atom. The summed E-state index contributed by atoms with van der Waals surface area (Å²) < 4.78 is 13.9. The Bertz CT molecular complexity index is 513. The van der Waals surface area contributed by atoms with Crippen LogP contribution in [0, 0.1) is 5.82 Å². The third kappa shape index (κ3) is 2.57. The lowest BCUT2D eigenvalue weighted by molar-refractivity contribution is 0.399. The second-order valence-corrected chi connectivity index (χ2v) is 4.49. The highest BCUT2D eigenvalue weighted by molar-refractivity contribution is 5.27. The quantitative estimate of drug-likeness (QED) is 0.897. The molecule has 0 saturated heterocycles. The summed E-state index contributed by atoms with van der Waals surface area (Å²) in [5.74, 6) is -0.252. The van der Waals surface area contributed by atoms with Crippen LogP contribution in [0.2, 0.25) is 0 Å². The summed E-state index contributed by atoms with van der Waals surface area (Å²) in [7, 11) is 0. The van der Waals surface area contributed by atoms with Gasteiger partial charge in [0.25, 0.3) is 0 Å². The number of nitrogens with zero attached hydrogens (tertiary/aromatic N) is 1. The van der Waals surface area contributed by atoms with E-state index < -0.39 is 5.54 Å². The Kier molecular flexibility index (Phi) is 3.72. The van der Waals surface area contributed by atoms with E-state index in [2.05, 4.69) is 4.98 Å². The monoisotopic (exact) mass is 244 g/mol. The van der Waals surface area contributed by atoms with Crippen molar-refractivity contribution in [3.63, 3.8) is 0 Å². The van der Waals surface area contributed by atoms with E-state index in [1.54, 1.807) is 18.3 Å². The lowest BCUT2D eigenvalue weighted by atomic mass is 9.83. The molecule has 0 spiro atoms. The van der Waals surface area contributed by atoms with Crippen molar-refractivity contribution in [2.24, 2.45) is 5.73 Å². The van der Waals surface area contributed by atoms with Crippen LogP contribution in [0.3, 0.4) is 0 Å². The summed E-state index contributed by atoms with van der Waals surface area (Å²) in [6.07, 6.45) is 2.92. The van der Waals surface area contributed by atoms with E-state index >= 15 is 0 Å². The number of benzene rings is 1. The van der Waals surface area contributed by atoms with E-state index in [1.165, 1.54) is 6.07 Å². The van der Waals surface area contributed by atoms with Crippen LogP contribution in [-0.2, 0) is 12.0 Å². The summed E-state index contributed by atoms with van der Waals surface area (Å²) in [6, 6.07) is 12.4. The fraction of sp³-hybridized carbons (Fsp3) is 0.267. The number of rotatable bonds is 4. The zero-order valence-electron chi connectivity index (χ0n) is 10.4. The molecule has 0 saturated carbocycles. The van der Waals surface area contributed by atoms with Crippen molar-refractivity contribution in [1.29, 1.82) is 0 Å². The minimum absolute atomic E-state index is 0.252. The molecule has 1 aromatic heterocycles. The minimum atomic E-state index is -0.709. The molecule has 2 N–H and O–H groups in total. The molecule has 0 amide bonds. The normalized spacial score (nSPS) is 14.2. The van der Waals surface area contributed by atoms with Crippen LogP contribution in [0.15, 0.2) is 48.7 Å². The first-order valence-corrected chi connectivity index (χ1v) is 6.09. The average molecular weight is 244 g/mol. The Hall–Kier alpha value is -1.74. The highest BCUT2D eigenvalue weighted by Crippen LogP contribution is 2.27. The first kappa shape index (κ1) is 12.7. The van der Waals surface area contributed by atoms with Gasteiger partial charge in [0.1, 0.15) is 5.82 Å². The van der Waals surface area contributed by atoms with Crippen LogP contribution in [0.25, 0.3) is 0 Å². The van der Waals surface area contributed by atoms with E-state index in [0.29, 0.717) is 18.4 Å². The van der Waals surface area contributed by atoms with Gasteiger partial charge in [-0.3, -0.25) is 4.98 Å². The van der Waals surface area contributed by atoms with Crippen LogP contribution >= 0.6 is 0 Å². The topological polar surface area (TPSA) is 38.9 Å². The summed E-state index contributed by atoms with van der Waals surface area (Å²) >= 11 is 0. The maximum atomic E-state index is 13.9.